The quantitative estimate of drug-likeness (QED) is 0.435. The highest BCUT2D eigenvalue weighted by Crippen LogP contribution is 2.24. The number of ether oxygens (including phenoxy) is 2. The molecule has 2 unspecified atom stereocenters. The summed E-state index contributed by atoms with van der Waals surface area (Å²) >= 11 is 3.30. The van der Waals surface area contributed by atoms with Crippen molar-refractivity contribution in [3.63, 3.8) is 0 Å². The van der Waals surface area contributed by atoms with Crippen molar-refractivity contribution in [3.05, 3.63) is 64.1 Å². The van der Waals surface area contributed by atoms with Crippen LogP contribution in [0.1, 0.15) is 46.4 Å². The van der Waals surface area contributed by atoms with Crippen molar-refractivity contribution in [2.24, 2.45) is 0 Å². The molecule has 2 heterocycles. The number of fused-ring (bicyclic) bond motifs is 1. The molecule has 178 valence electrons. The maximum atomic E-state index is 12.6. The molecule has 2 aliphatic rings. The summed E-state index contributed by atoms with van der Waals surface area (Å²) in [7, 11) is 0. The van der Waals surface area contributed by atoms with Gasteiger partial charge in [-0.3, -0.25) is 14.4 Å². The van der Waals surface area contributed by atoms with E-state index in [4.69, 9.17) is 9.47 Å². The molecule has 2 atom stereocenters. The Hall–Kier alpha value is -3.04. The maximum absolute atomic E-state index is 12.6. The number of piperidine rings is 1. The molecule has 2 aliphatic heterocycles. The molecule has 2 amide bonds. The topological polar surface area (TPSA) is 102 Å². The second-order valence-corrected chi connectivity index (χ2v) is 9.25. The number of carbonyl (C=O) groups is 4. The standard InChI is InChI=1S/C25H25BrN2O6/c26-18-8-4-16(5-9-18)21(29)15-34-25(32)17-6-10-19(11-7-17)27-23(30)13-22-24(31)28-12-2-1-3-20(28)14-33-22/h4-11,20,22H,1-3,12-15H2,(H,27,30). The van der Waals surface area contributed by atoms with Crippen molar-refractivity contribution in [2.45, 2.75) is 37.8 Å². The molecular formula is C25H25BrN2O6. The number of esters is 1. The number of rotatable bonds is 7. The van der Waals surface area contributed by atoms with E-state index in [1.807, 2.05) is 4.90 Å². The van der Waals surface area contributed by atoms with Gasteiger partial charge in [0.25, 0.3) is 5.91 Å². The molecule has 1 N–H and O–H groups in total. The fraction of sp³-hybridized carbons (Fsp3) is 0.360. The van der Waals surface area contributed by atoms with Crippen molar-refractivity contribution in [1.82, 2.24) is 4.90 Å². The zero-order valence-corrected chi connectivity index (χ0v) is 20.1. The van der Waals surface area contributed by atoms with E-state index in [9.17, 15) is 19.2 Å². The number of hydrogen-bond donors (Lipinski definition) is 1. The molecule has 0 aliphatic carbocycles. The minimum absolute atomic E-state index is 0.0655. The van der Waals surface area contributed by atoms with Crippen LogP contribution >= 0.6 is 15.9 Å². The number of halogens is 1. The number of morpholine rings is 1. The summed E-state index contributed by atoms with van der Waals surface area (Å²) in [6, 6.07) is 13.0. The number of nitrogens with one attached hydrogen (secondary N) is 1. The van der Waals surface area contributed by atoms with Crippen LogP contribution in [0.15, 0.2) is 53.0 Å². The zero-order valence-electron chi connectivity index (χ0n) is 18.5. The van der Waals surface area contributed by atoms with Gasteiger partial charge in [0.15, 0.2) is 12.4 Å². The molecule has 34 heavy (non-hydrogen) atoms. The van der Waals surface area contributed by atoms with Crippen molar-refractivity contribution < 1.29 is 28.7 Å². The van der Waals surface area contributed by atoms with Crippen LogP contribution in [0.3, 0.4) is 0 Å². The normalized spacial score (nSPS) is 19.8. The summed E-state index contributed by atoms with van der Waals surface area (Å²) in [4.78, 5) is 51.3. The monoisotopic (exact) mass is 528 g/mol. The summed E-state index contributed by atoms with van der Waals surface area (Å²) in [5.41, 5.74) is 1.18. The Morgan fingerprint density at radius 1 is 1.03 bits per heavy atom. The number of ketones is 1. The fourth-order valence-corrected chi connectivity index (χ4v) is 4.36. The van der Waals surface area contributed by atoms with Gasteiger partial charge in [0.1, 0.15) is 6.10 Å². The van der Waals surface area contributed by atoms with Gasteiger partial charge in [0.2, 0.25) is 5.91 Å². The summed E-state index contributed by atoms with van der Waals surface area (Å²) in [5, 5.41) is 2.72. The van der Waals surface area contributed by atoms with E-state index in [0.717, 1.165) is 30.3 Å². The largest absolute Gasteiger partial charge is 0.454 e. The van der Waals surface area contributed by atoms with Crippen LogP contribution in [0.25, 0.3) is 0 Å². The van der Waals surface area contributed by atoms with E-state index in [2.05, 4.69) is 21.2 Å². The van der Waals surface area contributed by atoms with Gasteiger partial charge in [-0.1, -0.05) is 28.1 Å². The summed E-state index contributed by atoms with van der Waals surface area (Å²) in [5.74, 6) is -1.41. The van der Waals surface area contributed by atoms with Crippen LogP contribution in [0.2, 0.25) is 0 Å². The van der Waals surface area contributed by atoms with E-state index in [0.29, 0.717) is 17.9 Å². The Labute approximate surface area is 205 Å². The maximum Gasteiger partial charge on any atom is 0.338 e. The first-order valence-electron chi connectivity index (χ1n) is 11.2. The van der Waals surface area contributed by atoms with Crippen LogP contribution in [0.5, 0.6) is 0 Å². The third kappa shape index (κ3) is 5.90. The lowest BCUT2D eigenvalue weighted by atomic mass is 9.99. The number of benzene rings is 2. The highest BCUT2D eigenvalue weighted by atomic mass is 79.9. The molecule has 4 rings (SSSR count). The second kappa shape index (κ2) is 10.9. The van der Waals surface area contributed by atoms with Crippen LogP contribution in [-0.4, -0.2) is 60.4 Å². The molecule has 0 aromatic heterocycles. The number of nitrogens with zero attached hydrogens (tertiary/aromatic N) is 1. The van der Waals surface area contributed by atoms with Gasteiger partial charge < -0.3 is 19.7 Å². The molecular weight excluding hydrogens is 504 g/mol. The first-order valence-corrected chi connectivity index (χ1v) is 12.0. The third-order valence-corrected chi connectivity index (χ3v) is 6.48. The molecule has 0 radical (unpaired) electrons. The Kier molecular flexibility index (Phi) is 7.74. The number of anilines is 1. The summed E-state index contributed by atoms with van der Waals surface area (Å²) in [6.45, 7) is 0.814. The predicted molar refractivity (Wildman–Crippen MR) is 128 cm³/mol. The smallest absolute Gasteiger partial charge is 0.338 e. The van der Waals surface area contributed by atoms with Gasteiger partial charge in [-0.25, -0.2) is 4.79 Å². The number of hydrogen-bond acceptors (Lipinski definition) is 6. The van der Waals surface area contributed by atoms with Gasteiger partial charge in [-0.05, 0) is 55.7 Å². The first-order chi connectivity index (χ1) is 16.4. The first kappa shape index (κ1) is 24.1. The Bertz CT molecular complexity index is 1070. The Balaban J connectivity index is 1.25. The van der Waals surface area contributed by atoms with E-state index < -0.39 is 12.1 Å². The van der Waals surface area contributed by atoms with Gasteiger partial charge in [0.05, 0.1) is 24.6 Å². The van der Waals surface area contributed by atoms with Crippen molar-refractivity contribution in [2.75, 3.05) is 25.1 Å². The average molecular weight is 529 g/mol. The average Bonchev–Trinajstić information content (AvgIpc) is 2.85. The second-order valence-electron chi connectivity index (χ2n) is 8.34. The lowest BCUT2D eigenvalue weighted by Gasteiger charge is -2.41. The molecule has 2 aromatic rings. The van der Waals surface area contributed by atoms with Crippen LogP contribution in [-0.2, 0) is 19.1 Å². The van der Waals surface area contributed by atoms with Crippen LogP contribution < -0.4 is 5.32 Å². The molecule has 9 heteroatoms. The minimum atomic E-state index is -0.771. The summed E-state index contributed by atoms with van der Waals surface area (Å²) in [6.07, 6.45) is 2.18. The van der Waals surface area contributed by atoms with Crippen LogP contribution in [0.4, 0.5) is 5.69 Å². The van der Waals surface area contributed by atoms with Crippen LogP contribution in [0, 0.1) is 0 Å². The fourth-order valence-electron chi connectivity index (χ4n) is 4.10. The Morgan fingerprint density at radius 2 is 1.74 bits per heavy atom. The van der Waals surface area contributed by atoms with Gasteiger partial charge >= 0.3 is 5.97 Å². The molecule has 0 bridgehead atoms. The summed E-state index contributed by atoms with van der Waals surface area (Å²) < 4.78 is 11.6. The number of carbonyl (C=O) groups excluding carboxylic acids is 4. The molecule has 2 saturated heterocycles. The predicted octanol–water partition coefficient (Wildman–Crippen LogP) is 3.60. The Morgan fingerprint density at radius 3 is 2.47 bits per heavy atom. The van der Waals surface area contributed by atoms with Crippen molar-refractivity contribution in [1.29, 1.82) is 0 Å². The lowest BCUT2D eigenvalue weighted by Crippen LogP contribution is -2.56. The van der Waals surface area contributed by atoms with Gasteiger partial charge in [0, 0.05) is 22.3 Å². The van der Waals surface area contributed by atoms with Crippen molar-refractivity contribution in [3.8, 4) is 0 Å². The van der Waals surface area contributed by atoms with Gasteiger partial charge in [-0.15, -0.1) is 0 Å². The number of amides is 2. The SMILES string of the molecule is O=C(CC1OCC2CCCCN2C1=O)Nc1ccc(C(=O)OCC(=O)c2ccc(Br)cc2)cc1. The highest BCUT2D eigenvalue weighted by molar-refractivity contribution is 9.10. The van der Waals surface area contributed by atoms with E-state index in [-0.39, 0.29) is 42.2 Å². The van der Waals surface area contributed by atoms with E-state index in [1.165, 1.54) is 12.1 Å². The van der Waals surface area contributed by atoms with Gasteiger partial charge in [-0.2, -0.15) is 0 Å². The third-order valence-electron chi connectivity index (χ3n) is 5.95. The zero-order chi connectivity index (χ0) is 24.1. The molecule has 0 spiro atoms. The minimum Gasteiger partial charge on any atom is -0.454 e. The molecule has 0 saturated carbocycles. The highest BCUT2D eigenvalue weighted by Gasteiger charge is 2.38. The van der Waals surface area contributed by atoms with E-state index in [1.54, 1.807) is 36.4 Å². The molecule has 2 aromatic carbocycles. The van der Waals surface area contributed by atoms with Crippen molar-refractivity contribution >= 4 is 45.2 Å². The molecule has 2 fully saturated rings. The number of Topliss-reactive ketones (excluding diaryl/α,β-unsaturated/α-hetero) is 1. The molecule has 8 nitrogen and oxygen atoms in total. The van der Waals surface area contributed by atoms with E-state index >= 15 is 0 Å². The lowest BCUT2D eigenvalue weighted by molar-refractivity contribution is -0.163.